The minimum absolute atomic E-state index is 0.0754. The second-order valence-electron chi connectivity index (χ2n) is 9.20. The van der Waals surface area contributed by atoms with Crippen molar-refractivity contribution in [3.63, 3.8) is 0 Å². The molecule has 0 spiro atoms. The summed E-state index contributed by atoms with van der Waals surface area (Å²) in [6.45, 7) is 5.60. The van der Waals surface area contributed by atoms with Crippen molar-refractivity contribution < 1.29 is 23.0 Å². The Morgan fingerprint density at radius 2 is 1.95 bits per heavy atom. The molecule has 1 amide bonds. The second kappa shape index (κ2) is 10.0. The number of amides is 1. The zero-order valence-electron chi connectivity index (χ0n) is 22.0. The van der Waals surface area contributed by atoms with Crippen LogP contribution in [0.2, 0.25) is 0 Å². The lowest BCUT2D eigenvalue weighted by Crippen LogP contribution is -2.30. The molecule has 198 valence electrons. The Bertz CT molecular complexity index is 1520. The van der Waals surface area contributed by atoms with Crippen LogP contribution in [-0.2, 0) is 0 Å². The number of para-hydroxylation sites is 1. The molecule has 2 unspecified atom stereocenters. The van der Waals surface area contributed by atoms with Crippen molar-refractivity contribution in [1.29, 1.82) is 0 Å². The van der Waals surface area contributed by atoms with E-state index in [1.807, 2.05) is 51.2 Å². The van der Waals surface area contributed by atoms with Gasteiger partial charge < -0.3 is 14.4 Å². The molecule has 2 aromatic heterocycles. The first kappa shape index (κ1) is 25.6. The highest BCUT2D eigenvalue weighted by atomic mass is 19.3. The fourth-order valence-corrected chi connectivity index (χ4v) is 5.20. The fraction of sp³-hybridized carbons (Fsp3) is 0.345. The number of carbonyl (C=O) groups is 1. The molecule has 2 atom stereocenters. The van der Waals surface area contributed by atoms with E-state index in [0.29, 0.717) is 29.9 Å². The first-order valence-electron chi connectivity index (χ1n) is 12.9. The molecule has 7 nitrogen and oxygen atoms in total. The number of hydrogen-bond donors (Lipinski definition) is 0. The molecule has 0 N–H and O–H groups in total. The highest BCUT2D eigenvalue weighted by Gasteiger charge is 2.35. The first-order chi connectivity index (χ1) is 18.4. The van der Waals surface area contributed by atoms with Gasteiger partial charge in [-0.25, -0.2) is 4.98 Å². The number of pyridine rings is 1. The van der Waals surface area contributed by atoms with Gasteiger partial charge in [-0.05, 0) is 42.3 Å². The summed E-state index contributed by atoms with van der Waals surface area (Å²) in [5.74, 6) is 1.25. The van der Waals surface area contributed by atoms with Crippen LogP contribution in [0.5, 0.6) is 11.5 Å². The maximum absolute atomic E-state index is 13.4. The van der Waals surface area contributed by atoms with Gasteiger partial charge in [0.2, 0.25) is 0 Å². The summed E-state index contributed by atoms with van der Waals surface area (Å²) in [6.07, 6.45) is 2.41. The SMILES string of the molecule is CC.CCC1c2nc3ccc(-c4cnc5c(c4)OCC5C)cc3n2-c2c(OC(F)F)cccc2C(=O)N1C. The van der Waals surface area contributed by atoms with Crippen molar-refractivity contribution in [2.24, 2.45) is 0 Å². The number of hydrogen-bond acceptors (Lipinski definition) is 5. The van der Waals surface area contributed by atoms with Gasteiger partial charge in [-0.1, -0.05) is 39.8 Å². The third-order valence-electron chi connectivity index (χ3n) is 6.99. The molecule has 6 rings (SSSR count). The van der Waals surface area contributed by atoms with Crippen LogP contribution >= 0.6 is 0 Å². The standard InChI is InChI=1S/C27H24F2N4O3.C2H6/c1-4-19-25-31-18-9-8-15(16-11-22-23(30-12-16)14(2)13-35-22)10-20(18)33(25)24-17(26(34)32(19)3)6-5-7-21(24)36-27(28)29;1-2/h5-12,14,19,27H,4,13H2,1-3H3;1-2H3. The molecule has 2 aliphatic rings. The first-order valence-corrected chi connectivity index (χ1v) is 12.9. The normalized spacial score (nSPS) is 17.8. The third kappa shape index (κ3) is 4.06. The number of fused-ring (bicyclic) bond motifs is 6. The molecule has 38 heavy (non-hydrogen) atoms. The van der Waals surface area contributed by atoms with E-state index in [-0.39, 0.29) is 34.9 Å². The van der Waals surface area contributed by atoms with Crippen molar-refractivity contribution in [3.8, 4) is 28.3 Å². The summed E-state index contributed by atoms with van der Waals surface area (Å²) in [4.78, 5) is 24.5. The number of alkyl halides is 2. The van der Waals surface area contributed by atoms with Crippen LogP contribution in [0.15, 0.2) is 48.7 Å². The Morgan fingerprint density at radius 3 is 2.68 bits per heavy atom. The van der Waals surface area contributed by atoms with E-state index in [1.54, 1.807) is 28.6 Å². The molecule has 4 aromatic rings. The average molecular weight is 521 g/mol. The second-order valence-corrected chi connectivity index (χ2v) is 9.20. The minimum atomic E-state index is -3.04. The molecule has 2 aromatic carbocycles. The van der Waals surface area contributed by atoms with Crippen LogP contribution in [0.1, 0.15) is 68.0 Å². The summed E-state index contributed by atoms with van der Waals surface area (Å²) < 4.78 is 39.2. The molecule has 4 heterocycles. The maximum Gasteiger partial charge on any atom is 0.387 e. The van der Waals surface area contributed by atoms with Crippen LogP contribution in [0, 0.1) is 0 Å². The van der Waals surface area contributed by atoms with Gasteiger partial charge in [-0.2, -0.15) is 8.78 Å². The molecule has 0 bridgehead atoms. The number of rotatable bonds is 4. The van der Waals surface area contributed by atoms with Crippen molar-refractivity contribution >= 4 is 16.9 Å². The van der Waals surface area contributed by atoms with Crippen molar-refractivity contribution in [2.75, 3.05) is 13.7 Å². The van der Waals surface area contributed by atoms with E-state index in [4.69, 9.17) is 14.5 Å². The predicted molar refractivity (Wildman–Crippen MR) is 141 cm³/mol. The quantitative estimate of drug-likeness (QED) is 0.298. The molecule has 0 aliphatic carbocycles. The van der Waals surface area contributed by atoms with Crippen LogP contribution in [0.3, 0.4) is 0 Å². The Kier molecular flexibility index (Phi) is 6.77. The van der Waals surface area contributed by atoms with Crippen LogP contribution in [-0.4, -0.2) is 45.6 Å². The molecule has 0 radical (unpaired) electrons. The predicted octanol–water partition coefficient (Wildman–Crippen LogP) is 6.75. The van der Waals surface area contributed by atoms with E-state index in [9.17, 15) is 13.6 Å². The largest absolute Gasteiger partial charge is 0.491 e. The zero-order valence-corrected chi connectivity index (χ0v) is 22.0. The summed E-state index contributed by atoms with van der Waals surface area (Å²) in [5.41, 5.74) is 4.59. The van der Waals surface area contributed by atoms with Crippen LogP contribution in [0.4, 0.5) is 8.78 Å². The van der Waals surface area contributed by atoms with E-state index in [2.05, 4.69) is 11.9 Å². The number of nitrogens with zero attached hydrogens (tertiary/aromatic N) is 4. The number of halogens is 2. The van der Waals surface area contributed by atoms with E-state index >= 15 is 0 Å². The topological polar surface area (TPSA) is 69.5 Å². The minimum Gasteiger partial charge on any atom is -0.491 e. The van der Waals surface area contributed by atoms with Gasteiger partial charge in [-0.3, -0.25) is 14.3 Å². The molecule has 9 heteroatoms. The lowest BCUT2D eigenvalue weighted by Gasteiger charge is -2.24. The summed E-state index contributed by atoms with van der Waals surface area (Å²) >= 11 is 0. The van der Waals surface area contributed by atoms with E-state index in [0.717, 1.165) is 22.6 Å². The van der Waals surface area contributed by atoms with Crippen molar-refractivity contribution in [3.05, 3.63) is 65.7 Å². The van der Waals surface area contributed by atoms with Gasteiger partial charge >= 0.3 is 6.61 Å². The maximum atomic E-state index is 13.4. The Hall–Kier alpha value is -4.01. The Morgan fingerprint density at radius 1 is 1.16 bits per heavy atom. The summed E-state index contributed by atoms with van der Waals surface area (Å²) in [5, 5.41) is 0. The van der Waals surface area contributed by atoms with Gasteiger partial charge in [0.1, 0.15) is 17.3 Å². The van der Waals surface area contributed by atoms with E-state index < -0.39 is 6.61 Å². The molecular formula is C29H30F2N4O3. The van der Waals surface area contributed by atoms with Gasteiger partial charge in [0.05, 0.1) is 34.9 Å². The van der Waals surface area contributed by atoms with Gasteiger partial charge in [0, 0.05) is 24.7 Å². The molecule has 0 saturated heterocycles. The summed E-state index contributed by atoms with van der Waals surface area (Å²) in [7, 11) is 1.71. The fourth-order valence-electron chi connectivity index (χ4n) is 5.20. The average Bonchev–Trinajstić information content (AvgIpc) is 3.46. The lowest BCUT2D eigenvalue weighted by atomic mass is 10.0. The molecule has 0 saturated carbocycles. The number of imidazole rings is 1. The zero-order chi connectivity index (χ0) is 27.1. The number of ether oxygens (including phenoxy) is 2. The summed E-state index contributed by atoms with van der Waals surface area (Å²) in [6, 6.07) is 12.0. The number of benzene rings is 2. The number of aromatic nitrogens is 3. The van der Waals surface area contributed by atoms with Gasteiger partial charge in [0.25, 0.3) is 5.91 Å². The van der Waals surface area contributed by atoms with Crippen LogP contribution in [0.25, 0.3) is 27.8 Å². The van der Waals surface area contributed by atoms with Gasteiger partial charge in [-0.15, -0.1) is 0 Å². The van der Waals surface area contributed by atoms with E-state index in [1.165, 1.54) is 6.07 Å². The van der Waals surface area contributed by atoms with Gasteiger partial charge in [0.15, 0.2) is 5.75 Å². The number of carbonyl (C=O) groups excluding carboxylic acids is 1. The highest BCUT2D eigenvalue weighted by Crippen LogP contribution is 2.41. The lowest BCUT2D eigenvalue weighted by molar-refractivity contribution is -0.0498. The highest BCUT2D eigenvalue weighted by molar-refractivity contribution is 6.01. The van der Waals surface area contributed by atoms with Crippen LogP contribution < -0.4 is 9.47 Å². The third-order valence-corrected chi connectivity index (χ3v) is 6.99. The Balaban J connectivity index is 0.00000144. The Labute approximate surface area is 220 Å². The van der Waals surface area contributed by atoms with Crippen molar-refractivity contribution in [1.82, 2.24) is 19.4 Å². The molecular weight excluding hydrogens is 490 g/mol. The molecule has 2 aliphatic heterocycles. The van der Waals surface area contributed by atoms with Crippen molar-refractivity contribution in [2.45, 2.75) is 52.7 Å². The molecule has 0 fully saturated rings. The smallest absolute Gasteiger partial charge is 0.387 e. The monoisotopic (exact) mass is 520 g/mol.